The zero-order chi connectivity index (χ0) is 13.2. The van der Waals surface area contributed by atoms with Crippen molar-refractivity contribution in [1.82, 2.24) is 5.32 Å². The van der Waals surface area contributed by atoms with Gasteiger partial charge in [0.2, 0.25) is 0 Å². The molecule has 0 saturated heterocycles. The number of ether oxygens (including phenoxy) is 1. The summed E-state index contributed by atoms with van der Waals surface area (Å²) >= 11 is 0. The molecule has 0 aliphatic rings. The Bertz CT molecular complexity index is 338. The van der Waals surface area contributed by atoms with E-state index in [1.807, 2.05) is 30.3 Å². The van der Waals surface area contributed by atoms with Crippen LogP contribution in [-0.4, -0.2) is 12.6 Å². The van der Waals surface area contributed by atoms with Crippen molar-refractivity contribution >= 4 is 6.09 Å². The van der Waals surface area contributed by atoms with Gasteiger partial charge in [-0.25, -0.2) is 4.79 Å². The predicted molar refractivity (Wildman–Crippen MR) is 73.3 cm³/mol. The van der Waals surface area contributed by atoms with E-state index in [1.54, 1.807) is 0 Å². The standard InChI is InChI=1S/C15H23NO2/c1-3-4-8-13(2)11-16-15(17)18-12-14-9-6-5-7-10-14/h5-7,9-10,13H,3-4,8,11-12H2,1-2H3,(H,16,17). The summed E-state index contributed by atoms with van der Waals surface area (Å²) in [6.45, 7) is 5.34. The van der Waals surface area contributed by atoms with Gasteiger partial charge < -0.3 is 10.1 Å². The summed E-state index contributed by atoms with van der Waals surface area (Å²) in [4.78, 5) is 11.5. The molecule has 0 aliphatic heterocycles. The van der Waals surface area contributed by atoms with Crippen molar-refractivity contribution in [3.63, 3.8) is 0 Å². The van der Waals surface area contributed by atoms with E-state index < -0.39 is 0 Å². The topological polar surface area (TPSA) is 38.3 Å². The number of unbranched alkanes of at least 4 members (excludes halogenated alkanes) is 1. The summed E-state index contributed by atoms with van der Waals surface area (Å²) in [5.41, 5.74) is 1.01. The first-order valence-corrected chi connectivity index (χ1v) is 6.67. The molecule has 3 heteroatoms. The molecule has 0 heterocycles. The van der Waals surface area contributed by atoms with Gasteiger partial charge in [0.1, 0.15) is 6.61 Å². The van der Waals surface area contributed by atoms with Gasteiger partial charge in [-0.15, -0.1) is 0 Å². The number of carbonyl (C=O) groups excluding carboxylic acids is 1. The highest BCUT2D eigenvalue weighted by molar-refractivity contribution is 5.67. The molecule has 1 unspecified atom stereocenters. The van der Waals surface area contributed by atoms with Crippen LogP contribution in [0.2, 0.25) is 0 Å². The molecule has 0 aliphatic carbocycles. The SMILES string of the molecule is CCCCC(C)CNC(=O)OCc1ccccc1. The van der Waals surface area contributed by atoms with Crippen molar-refractivity contribution in [2.75, 3.05) is 6.54 Å². The Labute approximate surface area is 110 Å². The molecule has 100 valence electrons. The Morgan fingerprint density at radius 1 is 1.33 bits per heavy atom. The van der Waals surface area contributed by atoms with Gasteiger partial charge in [-0.05, 0) is 17.9 Å². The molecule has 1 aromatic rings. The van der Waals surface area contributed by atoms with Crippen LogP contribution in [0.1, 0.15) is 38.7 Å². The zero-order valence-electron chi connectivity index (χ0n) is 11.3. The molecule has 1 rings (SSSR count). The second kappa shape index (κ2) is 8.56. The first-order chi connectivity index (χ1) is 8.72. The van der Waals surface area contributed by atoms with Gasteiger partial charge in [0, 0.05) is 6.54 Å². The van der Waals surface area contributed by atoms with Crippen LogP contribution in [0.5, 0.6) is 0 Å². The Hall–Kier alpha value is -1.51. The minimum Gasteiger partial charge on any atom is -0.445 e. The van der Waals surface area contributed by atoms with Crippen LogP contribution in [-0.2, 0) is 11.3 Å². The molecule has 0 fully saturated rings. The van der Waals surface area contributed by atoms with Crippen LogP contribution in [0, 0.1) is 5.92 Å². The lowest BCUT2D eigenvalue weighted by Gasteiger charge is -2.12. The third-order valence-corrected chi connectivity index (χ3v) is 2.86. The average Bonchev–Trinajstić information content (AvgIpc) is 2.41. The smallest absolute Gasteiger partial charge is 0.407 e. The number of nitrogens with one attached hydrogen (secondary N) is 1. The lowest BCUT2D eigenvalue weighted by atomic mass is 10.1. The van der Waals surface area contributed by atoms with Gasteiger partial charge in [-0.3, -0.25) is 0 Å². The van der Waals surface area contributed by atoms with Crippen molar-refractivity contribution in [2.24, 2.45) is 5.92 Å². The highest BCUT2D eigenvalue weighted by atomic mass is 16.5. The maximum absolute atomic E-state index is 11.5. The lowest BCUT2D eigenvalue weighted by molar-refractivity contribution is 0.138. The molecule has 18 heavy (non-hydrogen) atoms. The molecule has 0 aromatic heterocycles. The minimum atomic E-state index is -0.331. The Kier molecular flexibility index (Phi) is 6.92. The number of hydrogen-bond acceptors (Lipinski definition) is 2. The number of alkyl carbamates (subject to hydrolysis) is 1. The number of hydrogen-bond donors (Lipinski definition) is 1. The van der Waals surface area contributed by atoms with Crippen LogP contribution >= 0.6 is 0 Å². The van der Waals surface area contributed by atoms with E-state index in [9.17, 15) is 4.79 Å². The van der Waals surface area contributed by atoms with Crippen molar-refractivity contribution in [2.45, 2.75) is 39.7 Å². The molecular formula is C15H23NO2. The molecule has 0 radical (unpaired) electrons. The number of rotatable bonds is 7. The van der Waals surface area contributed by atoms with Crippen LogP contribution < -0.4 is 5.32 Å². The summed E-state index contributed by atoms with van der Waals surface area (Å²) < 4.78 is 5.13. The third-order valence-electron chi connectivity index (χ3n) is 2.86. The maximum Gasteiger partial charge on any atom is 0.407 e. The van der Waals surface area contributed by atoms with Crippen LogP contribution in [0.4, 0.5) is 4.79 Å². The highest BCUT2D eigenvalue weighted by Gasteiger charge is 2.06. The first-order valence-electron chi connectivity index (χ1n) is 6.67. The van der Waals surface area contributed by atoms with Crippen molar-refractivity contribution < 1.29 is 9.53 Å². The highest BCUT2D eigenvalue weighted by Crippen LogP contribution is 2.06. The Morgan fingerprint density at radius 2 is 2.06 bits per heavy atom. The van der Waals surface area contributed by atoms with Gasteiger partial charge in [0.15, 0.2) is 0 Å². The second-order valence-corrected chi connectivity index (χ2v) is 4.69. The van der Waals surface area contributed by atoms with E-state index in [-0.39, 0.29) is 6.09 Å². The molecule has 0 saturated carbocycles. The van der Waals surface area contributed by atoms with E-state index in [0.717, 1.165) is 12.0 Å². The van der Waals surface area contributed by atoms with E-state index >= 15 is 0 Å². The normalized spacial score (nSPS) is 11.9. The van der Waals surface area contributed by atoms with E-state index in [0.29, 0.717) is 19.1 Å². The van der Waals surface area contributed by atoms with E-state index in [1.165, 1.54) is 12.8 Å². The molecule has 1 aromatic carbocycles. The number of benzene rings is 1. The van der Waals surface area contributed by atoms with Crippen molar-refractivity contribution in [3.8, 4) is 0 Å². The zero-order valence-corrected chi connectivity index (χ0v) is 11.3. The fraction of sp³-hybridized carbons (Fsp3) is 0.533. The molecule has 0 bridgehead atoms. The van der Waals surface area contributed by atoms with Gasteiger partial charge in [0.05, 0.1) is 0 Å². The van der Waals surface area contributed by atoms with Gasteiger partial charge in [-0.1, -0.05) is 57.0 Å². The summed E-state index contributed by atoms with van der Waals surface area (Å²) in [7, 11) is 0. The maximum atomic E-state index is 11.5. The quantitative estimate of drug-likeness (QED) is 0.799. The van der Waals surface area contributed by atoms with Crippen LogP contribution in [0.25, 0.3) is 0 Å². The van der Waals surface area contributed by atoms with Gasteiger partial charge >= 0.3 is 6.09 Å². The summed E-state index contributed by atoms with van der Waals surface area (Å²) in [5.74, 6) is 0.509. The fourth-order valence-corrected chi connectivity index (χ4v) is 1.69. The third kappa shape index (κ3) is 6.28. The second-order valence-electron chi connectivity index (χ2n) is 4.69. The summed E-state index contributed by atoms with van der Waals surface area (Å²) in [6.07, 6.45) is 3.22. The molecule has 1 amide bonds. The molecule has 1 N–H and O–H groups in total. The Morgan fingerprint density at radius 3 is 2.72 bits per heavy atom. The van der Waals surface area contributed by atoms with Crippen molar-refractivity contribution in [1.29, 1.82) is 0 Å². The Balaban J connectivity index is 2.14. The van der Waals surface area contributed by atoms with Gasteiger partial charge in [-0.2, -0.15) is 0 Å². The van der Waals surface area contributed by atoms with E-state index in [2.05, 4.69) is 19.2 Å². The molecular weight excluding hydrogens is 226 g/mol. The number of carbonyl (C=O) groups is 1. The lowest BCUT2D eigenvalue weighted by Crippen LogP contribution is -2.28. The largest absolute Gasteiger partial charge is 0.445 e. The predicted octanol–water partition coefficient (Wildman–Crippen LogP) is 3.74. The molecule has 3 nitrogen and oxygen atoms in total. The minimum absolute atomic E-state index is 0.329. The monoisotopic (exact) mass is 249 g/mol. The average molecular weight is 249 g/mol. The van der Waals surface area contributed by atoms with Crippen LogP contribution in [0.3, 0.4) is 0 Å². The fourth-order valence-electron chi connectivity index (χ4n) is 1.69. The summed E-state index contributed by atoms with van der Waals surface area (Å²) in [5, 5.41) is 2.80. The number of amides is 1. The van der Waals surface area contributed by atoms with E-state index in [4.69, 9.17) is 4.74 Å². The van der Waals surface area contributed by atoms with Gasteiger partial charge in [0.25, 0.3) is 0 Å². The summed E-state index contributed by atoms with van der Waals surface area (Å²) in [6, 6.07) is 9.69. The molecule has 0 spiro atoms. The molecule has 1 atom stereocenters. The first kappa shape index (κ1) is 14.6. The van der Waals surface area contributed by atoms with Crippen LogP contribution in [0.15, 0.2) is 30.3 Å². The van der Waals surface area contributed by atoms with Crippen molar-refractivity contribution in [3.05, 3.63) is 35.9 Å².